The minimum Gasteiger partial charge on any atom is -0.477 e. The van der Waals surface area contributed by atoms with Crippen LogP contribution in [0.1, 0.15) is 13.0 Å². The van der Waals surface area contributed by atoms with E-state index in [4.69, 9.17) is 11.6 Å². The Labute approximate surface area is 189 Å². The SMILES string of the molecule is C[C@H](C(=O)N[C@@H]1C(=O)N2C(C(=O)O)=C(CSc3nnnn3C)CS[C@@H]12)n1cc(Cl)cn1. The van der Waals surface area contributed by atoms with E-state index in [-0.39, 0.29) is 5.70 Å². The van der Waals surface area contributed by atoms with Crippen LogP contribution >= 0.6 is 35.1 Å². The molecule has 0 aromatic carbocycles. The highest BCUT2D eigenvalue weighted by Gasteiger charge is 2.54. The minimum atomic E-state index is -1.19. The molecule has 1 saturated heterocycles. The fourth-order valence-electron chi connectivity index (χ4n) is 3.21. The number of carbonyl (C=O) groups is 3. The standard InChI is InChI=1S/C16H17ClN8O4S2/c1-7(24-4-9(17)3-18-24)12(26)19-10-13(27)25-11(15(28)29)8(5-30-14(10)25)6-31-16-20-21-22-23(16)2/h3-4,7,10,14H,5-6H2,1-2H3,(H,19,26)(H,28,29)/t7-,10-,14+/m1/s1. The molecule has 2 amide bonds. The molecule has 15 heteroatoms. The number of halogens is 1. The maximum Gasteiger partial charge on any atom is 0.352 e. The number of hydrogen-bond donors (Lipinski definition) is 2. The van der Waals surface area contributed by atoms with Gasteiger partial charge in [-0.2, -0.15) is 5.10 Å². The highest BCUT2D eigenvalue weighted by atomic mass is 35.5. The first-order valence-electron chi connectivity index (χ1n) is 9.03. The quantitative estimate of drug-likeness (QED) is 0.411. The van der Waals surface area contributed by atoms with Crippen LogP contribution in [0.2, 0.25) is 5.02 Å². The number of aliphatic carboxylic acids is 1. The van der Waals surface area contributed by atoms with Crippen molar-refractivity contribution in [2.75, 3.05) is 11.5 Å². The second-order valence-electron chi connectivity index (χ2n) is 6.84. The van der Waals surface area contributed by atoms with E-state index in [0.29, 0.717) is 27.3 Å². The first-order chi connectivity index (χ1) is 14.8. The largest absolute Gasteiger partial charge is 0.477 e. The van der Waals surface area contributed by atoms with Crippen LogP contribution in [0.25, 0.3) is 0 Å². The van der Waals surface area contributed by atoms with Crippen molar-refractivity contribution in [2.45, 2.75) is 29.5 Å². The molecule has 0 aliphatic carbocycles. The lowest BCUT2D eigenvalue weighted by molar-refractivity contribution is -0.151. The van der Waals surface area contributed by atoms with Gasteiger partial charge in [-0.3, -0.25) is 19.2 Å². The van der Waals surface area contributed by atoms with Gasteiger partial charge in [0.1, 0.15) is 23.2 Å². The zero-order valence-corrected chi connectivity index (χ0v) is 18.7. The van der Waals surface area contributed by atoms with Crippen molar-refractivity contribution in [3.05, 3.63) is 28.7 Å². The van der Waals surface area contributed by atoms with E-state index in [0.717, 1.165) is 0 Å². The lowest BCUT2D eigenvalue weighted by atomic mass is 10.0. The average molecular weight is 485 g/mol. The predicted octanol–water partition coefficient (Wildman–Crippen LogP) is 0.152. The number of carboxylic acids is 1. The molecule has 164 valence electrons. The van der Waals surface area contributed by atoms with Gasteiger partial charge in [0.05, 0.1) is 11.2 Å². The molecule has 4 heterocycles. The van der Waals surface area contributed by atoms with Crippen molar-refractivity contribution in [3.63, 3.8) is 0 Å². The van der Waals surface area contributed by atoms with Crippen LogP contribution in [0.15, 0.2) is 28.8 Å². The predicted molar refractivity (Wildman–Crippen MR) is 111 cm³/mol. The molecule has 2 aliphatic rings. The van der Waals surface area contributed by atoms with E-state index >= 15 is 0 Å². The van der Waals surface area contributed by atoms with E-state index in [9.17, 15) is 19.5 Å². The molecule has 0 unspecified atom stereocenters. The number of aryl methyl sites for hydroxylation is 1. The summed E-state index contributed by atoms with van der Waals surface area (Å²) in [6.07, 6.45) is 2.93. The molecule has 0 bridgehead atoms. The van der Waals surface area contributed by atoms with Crippen molar-refractivity contribution in [1.29, 1.82) is 0 Å². The highest BCUT2D eigenvalue weighted by Crippen LogP contribution is 2.41. The number of β-lactam (4-membered cyclic amide) rings is 1. The van der Waals surface area contributed by atoms with Crippen LogP contribution in [0.3, 0.4) is 0 Å². The number of fused-ring (bicyclic) bond motifs is 1. The molecule has 0 spiro atoms. The lowest BCUT2D eigenvalue weighted by Crippen LogP contribution is -2.71. The summed E-state index contributed by atoms with van der Waals surface area (Å²) < 4.78 is 2.88. The summed E-state index contributed by atoms with van der Waals surface area (Å²) in [6.45, 7) is 1.63. The molecule has 3 atom stereocenters. The molecule has 2 aromatic rings. The topological polar surface area (TPSA) is 148 Å². The lowest BCUT2D eigenvalue weighted by Gasteiger charge is -2.49. The molecule has 1 fully saturated rings. The molecule has 2 aromatic heterocycles. The molecular formula is C16H17ClN8O4S2. The summed E-state index contributed by atoms with van der Waals surface area (Å²) in [5, 5.41) is 28.0. The van der Waals surface area contributed by atoms with Crippen molar-refractivity contribution < 1.29 is 19.5 Å². The molecule has 0 radical (unpaired) electrons. The number of thioether (sulfide) groups is 2. The number of nitrogens with zero attached hydrogens (tertiary/aromatic N) is 7. The fourth-order valence-corrected chi connectivity index (χ4v) is 5.69. The Balaban J connectivity index is 1.46. The highest BCUT2D eigenvalue weighted by molar-refractivity contribution is 8.01. The van der Waals surface area contributed by atoms with Gasteiger partial charge in [-0.05, 0) is 22.9 Å². The Morgan fingerprint density at radius 1 is 1.48 bits per heavy atom. The maximum atomic E-state index is 12.8. The van der Waals surface area contributed by atoms with Crippen molar-refractivity contribution >= 4 is 52.9 Å². The average Bonchev–Trinajstić information content (AvgIpc) is 3.36. The molecule has 0 saturated carbocycles. The van der Waals surface area contributed by atoms with Crippen LogP contribution < -0.4 is 5.32 Å². The molecule has 2 aliphatic heterocycles. The van der Waals surface area contributed by atoms with Gasteiger partial charge in [-0.15, -0.1) is 16.9 Å². The second-order valence-corrected chi connectivity index (χ2v) is 9.33. The number of carboxylic acid groups (broad SMARTS) is 1. The van der Waals surface area contributed by atoms with E-state index in [2.05, 4.69) is 25.9 Å². The van der Waals surface area contributed by atoms with Gasteiger partial charge in [0.2, 0.25) is 11.1 Å². The Kier molecular flexibility index (Phi) is 5.94. The van der Waals surface area contributed by atoms with E-state index in [1.54, 1.807) is 14.0 Å². The monoisotopic (exact) mass is 484 g/mol. The zero-order chi connectivity index (χ0) is 22.3. The van der Waals surface area contributed by atoms with Crippen LogP contribution in [-0.4, -0.2) is 80.7 Å². The first-order valence-corrected chi connectivity index (χ1v) is 11.4. The number of aromatic nitrogens is 6. The van der Waals surface area contributed by atoms with Crippen LogP contribution in [0.4, 0.5) is 0 Å². The van der Waals surface area contributed by atoms with Crippen LogP contribution in [-0.2, 0) is 21.4 Å². The summed E-state index contributed by atoms with van der Waals surface area (Å²) in [7, 11) is 1.69. The summed E-state index contributed by atoms with van der Waals surface area (Å²) in [5.74, 6) is -1.32. The van der Waals surface area contributed by atoms with Crippen molar-refractivity contribution in [2.24, 2.45) is 7.05 Å². The van der Waals surface area contributed by atoms with Gasteiger partial charge in [0.25, 0.3) is 5.91 Å². The normalized spacial score (nSPS) is 21.5. The number of rotatable bonds is 7. The van der Waals surface area contributed by atoms with Crippen molar-refractivity contribution in [3.8, 4) is 0 Å². The van der Waals surface area contributed by atoms with Crippen molar-refractivity contribution in [1.82, 2.24) is 40.2 Å². The van der Waals surface area contributed by atoms with Gasteiger partial charge in [0, 0.05) is 24.8 Å². The third-order valence-corrected chi connectivity index (χ3v) is 7.48. The molecule has 4 rings (SSSR count). The fraction of sp³-hybridized carbons (Fsp3) is 0.438. The smallest absolute Gasteiger partial charge is 0.352 e. The maximum absolute atomic E-state index is 12.8. The Hall–Kier alpha value is -2.58. The third-order valence-electron chi connectivity index (χ3n) is 4.85. The summed E-state index contributed by atoms with van der Waals surface area (Å²) in [5.41, 5.74) is 0.549. The Morgan fingerprint density at radius 3 is 2.87 bits per heavy atom. The van der Waals surface area contributed by atoms with Crippen LogP contribution in [0.5, 0.6) is 0 Å². The number of amides is 2. The summed E-state index contributed by atoms with van der Waals surface area (Å²) >= 11 is 8.53. The molecular weight excluding hydrogens is 468 g/mol. The van der Waals surface area contributed by atoms with Crippen LogP contribution in [0, 0.1) is 0 Å². The van der Waals surface area contributed by atoms with Gasteiger partial charge >= 0.3 is 5.97 Å². The molecule has 12 nitrogen and oxygen atoms in total. The Bertz CT molecular complexity index is 1090. The van der Waals surface area contributed by atoms with Gasteiger partial charge in [0.15, 0.2) is 0 Å². The van der Waals surface area contributed by atoms with Gasteiger partial charge in [-0.1, -0.05) is 23.4 Å². The third kappa shape index (κ3) is 4.02. The molecule has 2 N–H and O–H groups in total. The number of carbonyl (C=O) groups excluding carboxylic acids is 2. The van der Waals surface area contributed by atoms with Gasteiger partial charge < -0.3 is 10.4 Å². The number of nitrogens with one attached hydrogen (secondary N) is 1. The van der Waals surface area contributed by atoms with E-state index in [1.165, 1.54) is 50.2 Å². The van der Waals surface area contributed by atoms with E-state index in [1.807, 2.05) is 0 Å². The second kappa shape index (κ2) is 8.51. The number of hydrogen-bond acceptors (Lipinski definition) is 9. The van der Waals surface area contributed by atoms with Gasteiger partial charge in [-0.25, -0.2) is 9.48 Å². The minimum absolute atomic E-state index is 0.0474. The zero-order valence-electron chi connectivity index (χ0n) is 16.3. The Morgan fingerprint density at radius 2 is 2.26 bits per heavy atom. The number of tetrazole rings is 1. The molecule has 31 heavy (non-hydrogen) atoms. The van der Waals surface area contributed by atoms with E-state index < -0.39 is 35.2 Å². The summed E-state index contributed by atoms with van der Waals surface area (Å²) in [4.78, 5) is 38.5. The first kappa shape index (κ1) is 21.6. The summed E-state index contributed by atoms with van der Waals surface area (Å²) in [6, 6.07) is -1.48.